The van der Waals surface area contributed by atoms with Crippen LogP contribution in [0.2, 0.25) is 0 Å². The van der Waals surface area contributed by atoms with Crippen molar-refractivity contribution in [3.63, 3.8) is 0 Å². The zero-order valence-electron chi connectivity index (χ0n) is 27.0. The predicted octanol–water partition coefficient (Wildman–Crippen LogP) is 10.4. The Hall–Kier alpha value is -3.89. The Labute approximate surface area is 273 Å². The Balaban J connectivity index is 1.57. The monoisotopic (exact) mass is 662 g/mol. The first-order valence-corrected chi connectivity index (χ1v) is 16.4. The third-order valence-corrected chi connectivity index (χ3v) is 7.77. The van der Waals surface area contributed by atoms with Gasteiger partial charge in [0.15, 0.2) is 23.5 Å². The molecule has 47 heavy (non-hydrogen) atoms. The first-order chi connectivity index (χ1) is 22.5. The van der Waals surface area contributed by atoms with Gasteiger partial charge in [0.25, 0.3) is 0 Å². The molecule has 1 aromatic heterocycles. The molecule has 0 aliphatic rings. The molecule has 1 atom stereocenters. The molecule has 11 heteroatoms. The summed E-state index contributed by atoms with van der Waals surface area (Å²) in [7, 11) is 0. The second kappa shape index (κ2) is 19.1. The van der Waals surface area contributed by atoms with Crippen molar-refractivity contribution < 1.29 is 41.0 Å². The van der Waals surface area contributed by atoms with Gasteiger partial charge >= 0.3 is 18.1 Å². The first-order valence-electron chi connectivity index (χ1n) is 16.4. The van der Waals surface area contributed by atoms with E-state index in [0.29, 0.717) is 12.5 Å². The van der Waals surface area contributed by atoms with Crippen molar-refractivity contribution in [2.24, 2.45) is 0 Å². The summed E-state index contributed by atoms with van der Waals surface area (Å²) < 4.78 is 79.9. The van der Waals surface area contributed by atoms with Gasteiger partial charge in [-0.1, -0.05) is 78.1 Å². The number of alkyl halides is 3. The van der Waals surface area contributed by atoms with Gasteiger partial charge in [0.05, 0.1) is 16.7 Å². The van der Waals surface area contributed by atoms with Gasteiger partial charge in [-0.3, -0.25) is 0 Å². The summed E-state index contributed by atoms with van der Waals surface area (Å²) >= 11 is 0. The zero-order valence-corrected chi connectivity index (χ0v) is 27.0. The van der Waals surface area contributed by atoms with Crippen molar-refractivity contribution in [3.8, 4) is 17.1 Å². The van der Waals surface area contributed by atoms with Crippen LogP contribution in [0.3, 0.4) is 0 Å². The highest BCUT2D eigenvalue weighted by Gasteiger charge is 2.42. The van der Waals surface area contributed by atoms with Crippen LogP contribution in [0.25, 0.3) is 11.4 Å². The molecule has 0 amide bonds. The molecule has 1 unspecified atom stereocenters. The summed E-state index contributed by atoms with van der Waals surface area (Å²) in [5.74, 6) is -4.87. The highest BCUT2D eigenvalue weighted by Crippen LogP contribution is 2.29. The van der Waals surface area contributed by atoms with E-state index < -0.39 is 53.6 Å². The molecule has 3 aromatic rings. The Bertz CT molecular complexity index is 1430. The Morgan fingerprint density at radius 1 is 0.723 bits per heavy atom. The van der Waals surface area contributed by atoms with Gasteiger partial charge in [-0.05, 0) is 67.6 Å². The molecule has 0 saturated carbocycles. The van der Waals surface area contributed by atoms with Gasteiger partial charge in [0, 0.05) is 12.4 Å². The molecule has 2 aromatic carbocycles. The fourth-order valence-corrected chi connectivity index (χ4v) is 5.02. The Morgan fingerprint density at radius 3 is 1.87 bits per heavy atom. The molecule has 256 valence electrons. The smallest absolute Gasteiger partial charge is 0.425 e. The van der Waals surface area contributed by atoms with Crippen molar-refractivity contribution in [1.29, 1.82) is 0 Å². The average molecular weight is 663 g/mol. The molecule has 0 spiro atoms. The first kappa shape index (κ1) is 37.6. The van der Waals surface area contributed by atoms with E-state index in [0.717, 1.165) is 68.7 Å². The number of ether oxygens (including phenoxy) is 2. The van der Waals surface area contributed by atoms with Crippen LogP contribution in [0.4, 0.5) is 22.0 Å². The minimum Gasteiger partial charge on any atom is -0.449 e. The van der Waals surface area contributed by atoms with E-state index in [1.54, 1.807) is 12.4 Å². The SMILES string of the molecule is CCCCCCCCc1cnc(-c2ccc(C(=O)Oc3ccc(C(=O)OC(CCCCCCCC)C(F)(F)F)cc3F)cc2F)nc1. The number of benzene rings is 2. The molecule has 0 fully saturated rings. The standard InChI is InChI=1S/C36H43F5N2O4/c1-3-5-7-9-11-13-15-25-23-42-33(43-24-25)28-19-17-26(21-29(28)37)34(44)46-31-20-18-27(22-30(31)38)35(45)47-32(36(39,40)41)16-14-12-10-8-6-4-2/h17-24,32H,3-16H2,1-2H3. The molecule has 6 nitrogen and oxygen atoms in total. The molecular weight excluding hydrogens is 619 g/mol. The summed E-state index contributed by atoms with van der Waals surface area (Å²) in [4.78, 5) is 33.6. The second-order valence-electron chi connectivity index (χ2n) is 11.7. The van der Waals surface area contributed by atoms with Gasteiger partial charge in [0.1, 0.15) is 5.82 Å². The van der Waals surface area contributed by atoms with Crippen LogP contribution in [0.1, 0.15) is 124 Å². The third kappa shape index (κ3) is 12.3. The number of halogens is 5. The lowest BCUT2D eigenvalue weighted by atomic mass is 10.1. The van der Waals surface area contributed by atoms with Gasteiger partial charge in [-0.15, -0.1) is 0 Å². The highest BCUT2D eigenvalue weighted by atomic mass is 19.4. The summed E-state index contributed by atoms with van der Waals surface area (Å²) in [5, 5.41) is 0. The van der Waals surface area contributed by atoms with Gasteiger partial charge in [-0.25, -0.2) is 28.3 Å². The molecule has 1 heterocycles. The molecule has 3 rings (SSSR count). The van der Waals surface area contributed by atoms with Crippen molar-refractivity contribution in [3.05, 3.63) is 77.1 Å². The molecule has 0 aliphatic carbocycles. The van der Waals surface area contributed by atoms with Crippen LogP contribution >= 0.6 is 0 Å². The average Bonchev–Trinajstić information content (AvgIpc) is 3.04. The topological polar surface area (TPSA) is 78.4 Å². The van der Waals surface area contributed by atoms with Crippen LogP contribution in [0, 0.1) is 11.6 Å². The van der Waals surface area contributed by atoms with E-state index in [1.165, 1.54) is 37.8 Å². The van der Waals surface area contributed by atoms with Crippen LogP contribution in [-0.2, 0) is 11.2 Å². The number of rotatable bonds is 19. The molecular formula is C36H43F5N2O4. The number of aryl methyl sites for hydroxylation is 1. The Kier molecular flexibility index (Phi) is 15.2. The van der Waals surface area contributed by atoms with Crippen molar-refractivity contribution in [2.75, 3.05) is 0 Å². The van der Waals surface area contributed by atoms with Crippen LogP contribution in [0.5, 0.6) is 5.75 Å². The van der Waals surface area contributed by atoms with Gasteiger partial charge < -0.3 is 9.47 Å². The maximum atomic E-state index is 14.9. The lowest BCUT2D eigenvalue weighted by molar-refractivity contribution is -0.206. The molecule has 0 radical (unpaired) electrons. The number of esters is 2. The van der Waals surface area contributed by atoms with Crippen molar-refractivity contribution in [1.82, 2.24) is 9.97 Å². The summed E-state index contributed by atoms with van der Waals surface area (Å²) in [6.45, 7) is 4.21. The number of aromatic nitrogens is 2. The second-order valence-corrected chi connectivity index (χ2v) is 11.7. The summed E-state index contributed by atoms with van der Waals surface area (Å²) in [6.07, 6.45) is 8.12. The van der Waals surface area contributed by atoms with Crippen molar-refractivity contribution in [2.45, 2.75) is 116 Å². The molecule has 0 saturated heterocycles. The minimum atomic E-state index is -4.78. The molecule has 0 N–H and O–H groups in total. The number of hydrogen-bond acceptors (Lipinski definition) is 6. The van der Waals surface area contributed by atoms with Gasteiger partial charge in [0.2, 0.25) is 0 Å². The third-order valence-electron chi connectivity index (χ3n) is 7.77. The Morgan fingerprint density at radius 2 is 1.28 bits per heavy atom. The fourth-order valence-electron chi connectivity index (χ4n) is 5.02. The van der Waals surface area contributed by atoms with Gasteiger partial charge in [-0.2, -0.15) is 13.2 Å². The number of hydrogen-bond donors (Lipinski definition) is 0. The van der Waals surface area contributed by atoms with Crippen LogP contribution in [-0.4, -0.2) is 34.2 Å². The largest absolute Gasteiger partial charge is 0.449 e. The normalized spacial score (nSPS) is 12.1. The highest BCUT2D eigenvalue weighted by molar-refractivity contribution is 5.92. The maximum Gasteiger partial charge on any atom is 0.425 e. The number of carbonyl (C=O) groups is 2. The lowest BCUT2D eigenvalue weighted by Gasteiger charge is -2.20. The number of unbranched alkanes of at least 4 members (excludes halogenated alkanes) is 10. The molecule has 0 bridgehead atoms. The van der Waals surface area contributed by atoms with E-state index in [2.05, 4.69) is 21.6 Å². The fraction of sp³-hybridized carbons (Fsp3) is 0.500. The minimum absolute atomic E-state index is 0.0652. The van der Waals surface area contributed by atoms with E-state index in [1.807, 2.05) is 6.92 Å². The van der Waals surface area contributed by atoms with E-state index in [9.17, 15) is 31.5 Å². The van der Waals surface area contributed by atoms with E-state index >= 15 is 0 Å². The van der Waals surface area contributed by atoms with Crippen LogP contribution in [0.15, 0.2) is 48.8 Å². The summed E-state index contributed by atoms with van der Waals surface area (Å²) in [5.41, 5.74) is 0.305. The van der Waals surface area contributed by atoms with E-state index in [4.69, 9.17) is 4.74 Å². The number of nitrogens with zero attached hydrogens (tertiary/aromatic N) is 2. The van der Waals surface area contributed by atoms with E-state index in [-0.39, 0.29) is 23.4 Å². The maximum absolute atomic E-state index is 14.9. The predicted molar refractivity (Wildman–Crippen MR) is 169 cm³/mol. The zero-order chi connectivity index (χ0) is 34.2. The number of carbonyl (C=O) groups excluding carboxylic acids is 2. The lowest BCUT2D eigenvalue weighted by Crippen LogP contribution is -2.34. The quantitative estimate of drug-likeness (QED) is 0.0550. The van der Waals surface area contributed by atoms with Crippen molar-refractivity contribution >= 4 is 11.9 Å². The van der Waals surface area contributed by atoms with Crippen LogP contribution < -0.4 is 4.74 Å². The molecule has 0 aliphatic heterocycles. The summed E-state index contributed by atoms with van der Waals surface area (Å²) in [6, 6.07) is 6.04.